The molecule has 3 aromatic rings. The Balaban J connectivity index is 1.22. The zero-order valence-electron chi connectivity index (χ0n) is 20.1. The van der Waals surface area contributed by atoms with Gasteiger partial charge in [-0.2, -0.15) is 0 Å². The summed E-state index contributed by atoms with van der Waals surface area (Å²) in [5.41, 5.74) is 3.21. The van der Waals surface area contributed by atoms with Crippen molar-refractivity contribution in [1.82, 2.24) is 19.8 Å². The highest BCUT2D eigenvalue weighted by Crippen LogP contribution is 2.34. The third-order valence-corrected chi connectivity index (χ3v) is 7.36. The number of nitrogens with zero attached hydrogens (tertiary/aromatic N) is 5. The van der Waals surface area contributed by atoms with Crippen LogP contribution < -0.4 is 0 Å². The number of rotatable bonds is 5. The molecule has 6 rings (SSSR count). The summed E-state index contributed by atoms with van der Waals surface area (Å²) in [4.78, 5) is 42.8. The third kappa shape index (κ3) is 4.09. The summed E-state index contributed by atoms with van der Waals surface area (Å²) < 4.78 is 0. The van der Waals surface area contributed by atoms with Gasteiger partial charge in [0.25, 0.3) is 5.91 Å². The Morgan fingerprint density at radius 1 is 1.03 bits per heavy atom. The average molecular weight is 468 g/mol. The number of benzene rings is 2. The fraction of sp³-hybridized carbons (Fsp3) is 0.393. The van der Waals surface area contributed by atoms with Gasteiger partial charge in [-0.25, -0.2) is 9.97 Å². The largest absolute Gasteiger partial charge is 0.342 e. The second kappa shape index (κ2) is 8.26. The Hall–Kier alpha value is -3.61. The maximum Gasteiger partial charge on any atom is 0.255 e. The second-order valence-corrected chi connectivity index (χ2v) is 10.5. The highest BCUT2D eigenvalue weighted by Gasteiger charge is 2.43. The predicted octanol–water partition coefficient (Wildman–Crippen LogP) is 3.92. The number of aromatic nitrogens is 2. The van der Waals surface area contributed by atoms with Crippen LogP contribution in [-0.2, 0) is 9.59 Å². The maximum absolute atomic E-state index is 13.3. The molecule has 2 aromatic carbocycles. The monoisotopic (exact) mass is 467 g/mol. The van der Waals surface area contributed by atoms with Gasteiger partial charge >= 0.3 is 0 Å². The van der Waals surface area contributed by atoms with Crippen molar-refractivity contribution in [3.63, 3.8) is 0 Å². The molecule has 3 heterocycles. The van der Waals surface area contributed by atoms with E-state index in [9.17, 15) is 9.59 Å². The van der Waals surface area contributed by atoms with Gasteiger partial charge < -0.3 is 4.90 Å². The van der Waals surface area contributed by atoms with E-state index < -0.39 is 5.54 Å². The van der Waals surface area contributed by atoms with Crippen LogP contribution >= 0.6 is 0 Å². The van der Waals surface area contributed by atoms with Crippen LogP contribution in [0.15, 0.2) is 60.0 Å². The van der Waals surface area contributed by atoms with Gasteiger partial charge in [0.1, 0.15) is 17.7 Å². The Morgan fingerprint density at radius 2 is 1.77 bits per heavy atom. The molecule has 0 radical (unpaired) electrons. The molecule has 1 aromatic heterocycles. The Morgan fingerprint density at radius 3 is 2.54 bits per heavy atom. The molecule has 3 aliphatic rings. The van der Waals surface area contributed by atoms with Gasteiger partial charge in [-0.1, -0.05) is 36.4 Å². The summed E-state index contributed by atoms with van der Waals surface area (Å²) >= 11 is 0. The Kier molecular flexibility index (Phi) is 5.16. The molecule has 0 spiro atoms. The van der Waals surface area contributed by atoms with Gasteiger partial charge in [0, 0.05) is 42.7 Å². The number of amidine groups is 1. The van der Waals surface area contributed by atoms with Crippen molar-refractivity contribution in [3.05, 3.63) is 60.6 Å². The van der Waals surface area contributed by atoms with Crippen LogP contribution in [0.4, 0.5) is 0 Å². The van der Waals surface area contributed by atoms with E-state index in [1.54, 1.807) is 6.33 Å². The molecule has 1 saturated carbocycles. The number of hydrogen-bond acceptors (Lipinski definition) is 5. The van der Waals surface area contributed by atoms with Gasteiger partial charge in [-0.15, -0.1) is 0 Å². The topological polar surface area (TPSA) is 78.8 Å². The molecular weight excluding hydrogens is 438 g/mol. The van der Waals surface area contributed by atoms with E-state index >= 15 is 0 Å². The molecule has 2 amide bonds. The number of carbonyl (C=O) groups is 2. The lowest BCUT2D eigenvalue weighted by atomic mass is 10.0. The first-order valence-corrected chi connectivity index (χ1v) is 12.4. The molecule has 178 valence electrons. The van der Waals surface area contributed by atoms with Crippen molar-refractivity contribution in [2.45, 2.75) is 38.6 Å². The fourth-order valence-corrected chi connectivity index (χ4v) is 5.18. The summed E-state index contributed by atoms with van der Waals surface area (Å²) in [6.07, 6.45) is 6.36. The van der Waals surface area contributed by atoms with Gasteiger partial charge in [0.05, 0.1) is 5.52 Å². The van der Waals surface area contributed by atoms with E-state index in [1.807, 2.05) is 48.0 Å². The lowest BCUT2D eigenvalue weighted by Gasteiger charge is -2.24. The number of likely N-dealkylation sites (tertiary alicyclic amines) is 1. The first-order chi connectivity index (χ1) is 16.9. The quantitative estimate of drug-likeness (QED) is 0.570. The smallest absolute Gasteiger partial charge is 0.255 e. The maximum atomic E-state index is 13.3. The van der Waals surface area contributed by atoms with Crippen LogP contribution in [0.2, 0.25) is 0 Å². The van der Waals surface area contributed by atoms with E-state index in [4.69, 9.17) is 4.99 Å². The molecule has 0 N–H and O–H groups in total. The zero-order chi connectivity index (χ0) is 24.2. The normalized spacial score (nSPS) is 21.6. The lowest BCUT2D eigenvalue weighted by molar-refractivity contribution is -0.131. The first-order valence-electron chi connectivity index (χ1n) is 12.4. The fourth-order valence-electron chi connectivity index (χ4n) is 5.18. The van der Waals surface area contributed by atoms with Crippen LogP contribution in [0.5, 0.6) is 0 Å². The van der Waals surface area contributed by atoms with Crippen molar-refractivity contribution < 1.29 is 9.59 Å². The highest BCUT2D eigenvalue weighted by atomic mass is 16.2. The Bertz CT molecular complexity index is 1340. The number of fused-ring (bicyclic) bond motifs is 1. The van der Waals surface area contributed by atoms with E-state index in [-0.39, 0.29) is 17.7 Å². The molecule has 2 fully saturated rings. The molecule has 1 saturated heterocycles. The minimum atomic E-state index is -0.784. The van der Waals surface area contributed by atoms with E-state index in [1.165, 1.54) is 0 Å². The molecule has 1 atom stereocenters. The van der Waals surface area contributed by atoms with Crippen LogP contribution in [0.3, 0.4) is 0 Å². The highest BCUT2D eigenvalue weighted by molar-refractivity contribution is 6.15. The van der Waals surface area contributed by atoms with Gasteiger partial charge in [-0.05, 0) is 56.2 Å². The Labute approximate surface area is 204 Å². The summed E-state index contributed by atoms with van der Waals surface area (Å²) in [6.45, 7) is 5.87. The van der Waals surface area contributed by atoms with Crippen LogP contribution in [0, 0.1) is 11.8 Å². The average Bonchev–Trinajstić information content (AvgIpc) is 3.58. The summed E-state index contributed by atoms with van der Waals surface area (Å²) in [5, 5.41) is 1.01. The minimum absolute atomic E-state index is 0.0257. The molecular formula is C28H29N5O2. The zero-order valence-corrected chi connectivity index (χ0v) is 20.1. The molecule has 35 heavy (non-hydrogen) atoms. The summed E-state index contributed by atoms with van der Waals surface area (Å²) in [5.74, 6) is 1.57. The summed E-state index contributed by atoms with van der Waals surface area (Å²) in [6, 6.07) is 14.4. The minimum Gasteiger partial charge on any atom is -0.342 e. The van der Waals surface area contributed by atoms with Crippen LogP contribution in [0.1, 0.15) is 38.7 Å². The number of carbonyl (C=O) groups excluding carboxylic acids is 2. The molecule has 1 aliphatic carbocycles. The van der Waals surface area contributed by atoms with E-state index in [0.717, 1.165) is 65.8 Å². The summed E-state index contributed by atoms with van der Waals surface area (Å²) in [7, 11) is 0. The van der Waals surface area contributed by atoms with Crippen molar-refractivity contribution in [3.8, 4) is 11.1 Å². The predicted molar refractivity (Wildman–Crippen MR) is 135 cm³/mol. The number of amides is 2. The molecule has 7 heteroatoms. The van der Waals surface area contributed by atoms with Gasteiger partial charge in [0.2, 0.25) is 5.91 Å². The van der Waals surface area contributed by atoms with Crippen LogP contribution in [-0.4, -0.2) is 62.6 Å². The standard InChI is InChI=1S/C28H29N5O2/c1-28(2)27(35)33(16-18-11-12-32(15-18)26(34)21-7-8-21)25(31-28)20-5-3-19(4-6-20)22-9-10-23-14-29-17-30-24(23)13-22/h3-6,9-10,13-14,17-18,21H,7-8,11-12,15-16H2,1-2H3/t18-/m1/s1. The molecule has 0 unspecified atom stereocenters. The van der Waals surface area contributed by atoms with E-state index in [2.05, 4.69) is 34.2 Å². The third-order valence-electron chi connectivity index (χ3n) is 7.36. The number of aliphatic imine (C=N–C) groups is 1. The van der Waals surface area contributed by atoms with Crippen molar-refractivity contribution in [2.24, 2.45) is 16.8 Å². The first kappa shape index (κ1) is 21.9. The molecule has 2 aliphatic heterocycles. The number of hydrogen-bond donors (Lipinski definition) is 0. The van der Waals surface area contributed by atoms with Gasteiger partial charge in [-0.3, -0.25) is 19.5 Å². The lowest BCUT2D eigenvalue weighted by Crippen LogP contribution is -2.42. The molecule has 7 nitrogen and oxygen atoms in total. The second-order valence-electron chi connectivity index (χ2n) is 10.5. The van der Waals surface area contributed by atoms with Crippen molar-refractivity contribution in [2.75, 3.05) is 19.6 Å². The van der Waals surface area contributed by atoms with Crippen molar-refractivity contribution in [1.29, 1.82) is 0 Å². The van der Waals surface area contributed by atoms with Crippen LogP contribution in [0.25, 0.3) is 22.0 Å². The van der Waals surface area contributed by atoms with Crippen molar-refractivity contribution >= 4 is 28.6 Å². The van der Waals surface area contributed by atoms with E-state index in [0.29, 0.717) is 12.5 Å². The molecule has 0 bridgehead atoms. The van der Waals surface area contributed by atoms with Gasteiger partial charge in [0.15, 0.2) is 0 Å². The SMILES string of the molecule is CC1(C)N=C(c2ccc(-c3ccc4cncnc4c3)cc2)N(C[C@@H]2CCN(C(=O)C3CC3)C2)C1=O.